The largest absolute Gasteiger partial charge is 0.462 e. The molecule has 0 heterocycles. The van der Waals surface area contributed by atoms with Crippen molar-refractivity contribution in [1.82, 2.24) is 0 Å². The molecule has 0 aliphatic rings. The molecule has 0 bridgehead atoms. The average molecular weight is 1160 g/mol. The third-order valence-electron chi connectivity index (χ3n) is 16.5. The summed E-state index contributed by atoms with van der Waals surface area (Å²) in [5.74, 6) is -0.849. The summed E-state index contributed by atoms with van der Waals surface area (Å²) in [6.45, 7) is 6.59. The van der Waals surface area contributed by atoms with Crippen LogP contribution in [-0.4, -0.2) is 37.2 Å². The number of hydrogen-bond donors (Lipinski definition) is 0. The van der Waals surface area contributed by atoms with Crippen molar-refractivity contribution in [3.8, 4) is 0 Å². The third kappa shape index (κ3) is 69.8. The molecular formula is C77H140O6. The van der Waals surface area contributed by atoms with Gasteiger partial charge >= 0.3 is 17.9 Å². The Balaban J connectivity index is 4.20. The number of carbonyl (C=O) groups is 3. The lowest BCUT2D eigenvalue weighted by atomic mass is 10.0. The van der Waals surface area contributed by atoms with Crippen molar-refractivity contribution < 1.29 is 28.6 Å². The minimum absolute atomic E-state index is 0.0704. The van der Waals surface area contributed by atoms with Gasteiger partial charge < -0.3 is 14.2 Å². The zero-order chi connectivity index (χ0) is 59.9. The molecule has 0 N–H and O–H groups in total. The molecule has 0 saturated heterocycles. The fourth-order valence-corrected chi connectivity index (χ4v) is 11.0. The lowest BCUT2D eigenvalue weighted by molar-refractivity contribution is -0.167. The molecule has 0 aliphatic heterocycles. The van der Waals surface area contributed by atoms with E-state index >= 15 is 0 Å². The van der Waals surface area contributed by atoms with Crippen molar-refractivity contribution in [3.63, 3.8) is 0 Å². The summed E-state index contributed by atoms with van der Waals surface area (Å²) >= 11 is 0. The number of allylic oxidation sites excluding steroid dienone is 10. The number of esters is 3. The second-order valence-electron chi connectivity index (χ2n) is 24.8. The van der Waals surface area contributed by atoms with Crippen molar-refractivity contribution >= 4 is 17.9 Å². The predicted octanol–water partition coefficient (Wildman–Crippen LogP) is 25.5. The Bertz CT molecular complexity index is 1470. The molecule has 0 aliphatic carbocycles. The first-order valence-corrected chi connectivity index (χ1v) is 36.8. The van der Waals surface area contributed by atoms with E-state index in [-0.39, 0.29) is 31.1 Å². The van der Waals surface area contributed by atoms with Crippen LogP contribution in [0, 0.1) is 0 Å². The first kappa shape index (κ1) is 80.1. The van der Waals surface area contributed by atoms with Crippen LogP contribution in [0.3, 0.4) is 0 Å². The Morgan fingerprint density at radius 3 is 0.747 bits per heavy atom. The minimum atomic E-state index is -0.775. The molecule has 0 saturated carbocycles. The van der Waals surface area contributed by atoms with Gasteiger partial charge in [-0.2, -0.15) is 0 Å². The van der Waals surface area contributed by atoms with E-state index in [0.29, 0.717) is 19.3 Å². The van der Waals surface area contributed by atoms with Crippen LogP contribution in [0.1, 0.15) is 393 Å². The maximum atomic E-state index is 13.0. The van der Waals surface area contributed by atoms with E-state index in [9.17, 15) is 14.4 Å². The van der Waals surface area contributed by atoms with E-state index in [2.05, 4.69) is 81.5 Å². The van der Waals surface area contributed by atoms with Gasteiger partial charge in [0.05, 0.1) is 0 Å². The van der Waals surface area contributed by atoms with Gasteiger partial charge in [-0.15, -0.1) is 0 Å². The van der Waals surface area contributed by atoms with Crippen LogP contribution < -0.4 is 0 Å². The molecule has 0 aromatic heterocycles. The van der Waals surface area contributed by atoms with Crippen molar-refractivity contribution in [2.75, 3.05) is 13.2 Å². The van der Waals surface area contributed by atoms with Crippen LogP contribution in [-0.2, 0) is 28.6 Å². The van der Waals surface area contributed by atoms with E-state index in [1.54, 1.807) is 0 Å². The summed E-state index contributed by atoms with van der Waals surface area (Å²) < 4.78 is 17.0. The van der Waals surface area contributed by atoms with Crippen LogP contribution >= 0.6 is 0 Å². The summed E-state index contributed by atoms with van der Waals surface area (Å²) in [6, 6.07) is 0. The molecule has 0 aromatic carbocycles. The van der Waals surface area contributed by atoms with Gasteiger partial charge in [-0.05, 0) is 83.5 Å². The summed E-state index contributed by atoms with van der Waals surface area (Å²) in [5.41, 5.74) is 0. The number of rotatable bonds is 68. The molecule has 484 valence electrons. The molecule has 6 nitrogen and oxygen atoms in total. The Labute approximate surface area is 517 Å². The van der Waals surface area contributed by atoms with Crippen LogP contribution in [0.15, 0.2) is 60.8 Å². The highest BCUT2D eigenvalue weighted by Crippen LogP contribution is 2.19. The molecule has 0 rings (SSSR count). The highest BCUT2D eigenvalue weighted by atomic mass is 16.6. The fourth-order valence-electron chi connectivity index (χ4n) is 11.0. The monoisotopic (exact) mass is 1160 g/mol. The molecule has 0 aromatic rings. The zero-order valence-electron chi connectivity index (χ0n) is 55.7. The van der Waals surface area contributed by atoms with Crippen LogP contribution in [0.2, 0.25) is 0 Å². The maximum Gasteiger partial charge on any atom is 0.306 e. The summed E-state index contributed by atoms with van der Waals surface area (Å²) in [4.78, 5) is 38.5. The number of carbonyl (C=O) groups excluding carboxylic acids is 3. The molecule has 0 radical (unpaired) electrons. The Morgan fingerprint density at radius 1 is 0.253 bits per heavy atom. The van der Waals surface area contributed by atoms with Gasteiger partial charge in [-0.25, -0.2) is 0 Å². The van der Waals surface area contributed by atoms with E-state index in [1.807, 2.05) is 0 Å². The highest BCUT2D eigenvalue weighted by molar-refractivity contribution is 5.71. The topological polar surface area (TPSA) is 78.9 Å². The maximum absolute atomic E-state index is 13.0. The molecule has 0 amide bonds. The number of hydrogen-bond acceptors (Lipinski definition) is 6. The van der Waals surface area contributed by atoms with Crippen LogP contribution in [0.25, 0.3) is 0 Å². The standard InChI is InChI=1S/C77H140O6/c1-4-7-10-13-16-19-22-25-28-30-32-33-34-35-36-37-38-39-40-41-42-43-45-46-49-52-55-58-61-64-67-70-76(79)82-73-74(72-81-75(78)69-66-63-60-57-54-51-48-27-24-21-18-15-12-9-6-3)83-77(80)71-68-65-62-59-56-53-50-47-44-31-29-26-23-20-17-14-11-8-5-2/h7,10,16,19,25,27-28,32-33,48,74H,4-6,8-9,11-15,17-18,20-24,26,29-31,34-47,49-73H2,1-3H3/b10-7-,19-16-,28-25-,33-32-,48-27-. The normalized spacial score (nSPS) is 12.4. The molecule has 1 atom stereocenters. The van der Waals surface area contributed by atoms with E-state index in [4.69, 9.17) is 14.2 Å². The number of unbranched alkanes of at least 4 members (excludes halogenated alkanes) is 47. The Hall–Kier alpha value is -2.89. The van der Waals surface area contributed by atoms with E-state index in [1.165, 1.54) is 263 Å². The van der Waals surface area contributed by atoms with Gasteiger partial charge in [0.25, 0.3) is 0 Å². The van der Waals surface area contributed by atoms with Gasteiger partial charge in [-0.1, -0.05) is 351 Å². The third-order valence-corrected chi connectivity index (χ3v) is 16.5. The molecule has 83 heavy (non-hydrogen) atoms. The van der Waals surface area contributed by atoms with E-state index in [0.717, 1.165) is 89.9 Å². The van der Waals surface area contributed by atoms with Crippen molar-refractivity contribution in [3.05, 3.63) is 60.8 Å². The number of ether oxygens (including phenoxy) is 3. The smallest absolute Gasteiger partial charge is 0.306 e. The lowest BCUT2D eigenvalue weighted by Gasteiger charge is -2.18. The van der Waals surface area contributed by atoms with Crippen LogP contribution in [0.5, 0.6) is 0 Å². The molecule has 6 heteroatoms. The fraction of sp³-hybridized carbons (Fsp3) is 0.831. The van der Waals surface area contributed by atoms with Gasteiger partial charge in [-0.3, -0.25) is 14.4 Å². The second-order valence-corrected chi connectivity index (χ2v) is 24.8. The summed E-state index contributed by atoms with van der Waals surface area (Å²) in [7, 11) is 0. The quantitative estimate of drug-likeness (QED) is 0.0261. The summed E-state index contributed by atoms with van der Waals surface area (Å²) in [6.07, 6.45) is 92.6. The molecule has 1 unspecified atom stereocenters. The molecule has 0 spiro atoms. The minimum Gasteiger partial charge on any atom is -0.462 e. The van der Waals surface area contributed by atoms with Crippen molar-refractivity contribution in [1.29, 1.82) is 0 Å². The second kappa shape index (κ2) is 71.6. The van der Waals surface area contributed by atoms with Gasteiger partial charge in [0, 0.05) is 19.3 Å². The molecule has 0 fully saturated rings. The highest BCUT2D eigenvalue weighted by Gasteiger charge is 2.19. The van der Waals surface area contributed by atoms with Gasteiger partial charge in [0.2, 0.25) is 0 Å². The first-order chi connectivity index (χ1) is 41.0. The Morgan fingerprint density at radius 2 is 0.470 bits per heavy atom. The Kier molecular flexibility index (Phi) is 69.1. The van der Waals surface area contributed by atoms with Gasteiger partial charge in [0.1, 0.15) is 13.2 Å². The first-order valence-electron chi connectivity index (χ1n) is 36.8. The lowest BCUT2D eigenvalue weighted by Crippen LogP contribution is -2.30. The average Bonchev–Trinajstić information content (AvgIpc) is 3.49. The summed E-state index contributed by atoms with van der Waals surface area (Å²) in [5, 5.41) is 0. The van der Waals surface area contributed by atoms with Gasteiger partial charge in [0.15, 0.2) is 6.10 Å². The van der Waals surface area contributed by atoms with Crippen molar-refractivity contribution in [2.45, 2.75) is 399 Å². The van der Waals surface area contributed by atoms with Crippen LogP contribution in [0.4, 0.5) is 0 Å². The zero-order valence-corrected chi connectivity index (χ0v) is 55.7. The van der Waals surface area contributed by atoms with Crippen molar-refractivity contribution in [2.24, 2.45) is 0 Å². The van der Waals surface area contributed by atoms with E-state index < -0.39 is 6.10 Å². The SMILES string of the molecule is CC/C=C\C/C=C\C/C=C\C/C=C\CCCCCCCCCCCCCCCCCCCCC(=O)OCC(COC(=O)CCCCCCC/C=C\CCCCCCCC)OC(=O)CCCCCCCCCCCCCCCCCCCCC. The predicted molar refractivity (Wildman–Crippen MR) is 362 cm³/mol. The molecular weight excluding hydrogens is 1020 g/mol.